The molecule has 4 heteroatoms. The predicted molar refractivity (Wildman–Crippen MR) is 67.0 cm³/mol. The summed E-state index contributed by atoms with van der Waals surface area (Å²) in [7, 11) is 0. The second-order valence-electron chi connectivity index (χ2n) is 3.35. The maximum absolute atomic E-state index is 10.3. The highest BCUT2D eigenvalue weighted by Crippen LogP contribution is 2.22. The van der Waals surface area contributed by atoms with E-state index in [0.29, 0.717) is 16.5 Å². The Kier molecular flexibility index (Phi) is 5.36. The van der Waals surface area contributed by atoms with Crippen molar-refractivity contribution in [1.82, 2.24) is 0 Å². The number of allylic oxidation sites excluding steroid dienone is 1. The fourth-order valence-corrected chi connectivity index (χ4v) is 1.69. The van der Waals surface area contributed by atoms with Crippen LogP contribution in [-0.4, -0.2) is 11.1 Å². The molecule has 1 N–H and O–H groups in total. The van der Waals surface area contributed by atoms with E-state index < -0.39 is 5.97 Å². The molecule has 0 unspecified atom stereocenters. The van der Waals surface area contributed by atoms with Gasteiger partial charge in [-0.1, -0.05) is 41.4 Å². The average Bonchev–Trinajstić information content (AvgIpc) is 2.20. The third-order valence-electron chi connectivity index (χ3n) is 2.02. The molecule has 1 aromatic rings. The topological polar surface area (TPSA) is 37.3 Å². The number of unbranched alkanes of at least 4 members (excludes halogenated alkanes) is 1. The molecule has 1 rings (SSSR count). The van der Waals surface area contributed by atoms with E-state index in [1.54, 1.807) is 12.1 Å². The van der Waals surface area contributed by atoms with Crippen LogP contribution in [-0.2, 0) is 4.79 Å². The number of benzene rings is 1. The van der Waals surface area contributed by atoms with Gasteiger partial charge in [-0.3, -0.25) is 4.79 Å². The highest BCUT2D eigenvalue weighted by Gasteiger charge is 1.97. The van der Waals surface area contributed by atoms with E-state index in [-0.39, 0.29) is 6.42 Å². The van der Waals surface area contributed by atoms with Crippen LogP contribution in [0, 0.1) is 0 Å². The number of carbonyl (C=O) groups is 1. The number of hydrogen-bond donors (Lipinski definition) is 1. The minimum atomic E-state index is -0.766. The van der Waals surface area contributed by atoms with E-state index in [4.69, 9.17) is 28.3 Å². The lowest BCUT2D eigenvalue weighted by Gasteiger charge is -1.98. The Morgan fingerprint density at radius 2 is 2.12 bits per heavy atom. The molecule has 0 radical (unpaired) electrons. The van der Waals surface area contributed by atoms with E-state index in [0.717, 1.165) is 12.0 Å². The van der Waals surface area contributed by atoms with E-state index in [1.807, 2.05) is 18.2 Å². The highest BCUT2D eigenvalue weighted by atomic mass is 35.5. The molecular formula is C12H12Cl2O2. The highest BCUT2D eigenvalue weighted by molar-refractivity contribution is 6.35. The van der Waals surface area contributed by atoms with Crippen molar-refractivity contribution in [3.05, 3.63) is 39.9 Å². The van der Waals surface area contributed by atoms with Crippen molar-refractivity contribution in [3.63, 3.8) is 0 Å². The minimum absolute atomic E-state index is 0.193. The largest absolute Gasteiger partial charge is 0.481 e. The Labute approximate surface area is 104 Å². The number of halogens is 2. The second-order valence-corrected chi connectivity index (χ2v) is 4.20. The summed E-state index contributed by atoms with van der Waals surface area (Å²) < 4.78 is 0. The van der Waals surface area contributed by atoms with E-state index in [9.17, 15) is 4.79 Å². The van der Waals surface area contributed by atoms with Crippen molar-refractivity contribution >= 4 is 35.2 Å². The van der Waals surface area contributed by atoms with Crippen LogP contribution >= 0.6 is 23.2 Å². The lowest BCUT2D eigenvalue weighted by Crippen LogP contribution is -1.92. The summed E-state index contributed by atoms with van der Waals surface area (Å²) in [5.41, 5.74) is 0.890. The number of carboxylic acids is 1. The van der Waals surface area contributed by atoms with Gasteiger partial charge in [0.2, 0.25) is 0 Å². The molecule has 0 aliphatic heterocycles. The lowest BCUT2D eigenvalue weighted by atomic mass is 10.1. The fraction of sp³-hybridized carbons (Fsp3) is 0.250. The minimum Gasteiger partial charge on any atom is -0.481 e. The van der Waals surface area contributed by atoms with Crippen molar-refractivity contribution < 1.29 is 9.90 Å². The molecule has 0 saturated carbocycles. The first-order valence-corrected chi connectivity index (χ1v) is 5.68. The summed E-state index contributed by atoms with van der Waals surface area (Å²) in [6.07, 6.45) is 5.35. The van der Waals surface area contributed by atoms with Gasteiger partial charge in [0.25, 0.3) is 0 Å². The van der Waals surface area contributed by atoms with Gasteiger partial charge in [-0.05, 0) is 30.5 Å². The average molecular weight is 259 g/mol. The number of rotatable bonds is 5. The van der Waals surface area contributed by atoms with Gasteiger partial charge in [0.05, 0.1) is 0 Å². The van der Waals surface area contributed by atoms with E-state index in [1.165, 1.54) is 0 Å². The van der Waals surface area contributed by atoms with Gasteiger partial charge >= 0.3 is 5.97 Å². The summed E-state index contributed by atoms with van der Waals surface area (Å²) in [5.74, 6) is -0.766. The van der Waals surface area contributed by atoms with Crippen molar-refractivity contribution in [2.24, 2.45) is 0 Å². The molecule has 0 aliphatic carbocycles. The van der Waals surface area contributed by atoms with Crippen LogP contribution in [0.4, 0.5) is 0 Å². The van der Waals surface area contributed by atoms with Crippen LogP contribution in [0.25, 0.3) is 6.08 Å². The van der Waals surface area contributed by atoms with Crippen molar-refractivity contribution in [2.45, 2.75) is 19.3 Å². The number of hydrogen-bond acceptors (Lipinski definition) is 1. The maximum atomic E-state index is 10.3. The summed E-state index contributed by atoms with van der Waals surface area (Å²) in [6, 6.07) is 5.28. The lowest BCUT2D eigenvalue weighted by molar-refractivity contribution is -0.137. The summed E-state index contributed by atoms with van der Waals surface area (Å²) in [4.78, 5) is 10.3. The Balaban J connectivity index is 2.47. The zero-order valence-corrected chi connectivity index (χ0v) is 10.1. The van der Waals surface area contributed by atoms with Gasteiger partial charge in [-0.15, -0.1) is 0 Å². The first-order valence-electron chi connectivity index (χ1n) is 4.93. The van der Waals surface area contributed by atoms with Crippen LogP contribution in [0.5, 0.6) is 0 Å². The van der Waals surface area contributed by atoms with Crippen LogP contribution in [0.15, 0.2) is 24.3 Å². The Morgan fingerprint density at radius 1 is 1.38 bits per heavy atom. The molecule has 0 amide bonds. The number of aliphatic carboxylic acids is 1. The maximum Gasteiger partial charge on any atom is 0.303 e. The summed E-state index contributed by atoms with van der Waals surface area (Å²) in [6.45, 7) is 0. The monoisotopic (exact) mass is 258 g/mol. The van der Waals surface area contributed by atoms with Crippen LogP contribution in [0.2, 0.25) is 10.0 Å². The Morgan fingerprint density at radius 3 is 2.75 bits per heavy atom. The Bertz CT molecular complexity index is 400. The molecule has 0 aliphatic rings. The molecule has 0 fully saturated rings. The predicted octanol–water partition coefficient (Wildman–Crippen LogP) is 4.26. The van der Waals surface area contributed by atoms with Crippen LogP contribution in [0.1, 0.15) is 24.8 Å². The standard InChI is InChI=1S/C12H12Cl2O2/c13-10-7-6-9(11(14)8-10)4-2-1-3-5-12(15)16/h2,4,6-8H,1,3,5H2,(H,15,16)/b4-2+. The zero-order valence-electron chi connectivity index (χ0n) is 8.62. The Hall–Kier alpha value is -0.990. The molecule has 1 aromatic carbocycles. The van der Waals surface area contributed by atoms with Gasteiger partial charge in [-0.2, -0.15) is 0 Å². The molecule has 16 heavy (non-hydrogen) atoms. The van der Waals surface area contributed by atoms with Crippen molar-refractivity contribution in [3.8, 4) is 0 Å². The zero-order chi connectivity index (χ0) is 12.0. The number of carboxylic acid groups (broad SMARTS) is 1. The van der Waals surface area contributed by atoms with Gasteiger partial charge in [0.15, 0.2) is 0 Å². The van der Waals surface area contributed by atoms with Gasteiger partial charge in [0, 0.05) is 16.5 Å². The molecule has 86 valence electrons. The van der Waals surface area contributed by atoms with E-state index >= 15 is 0 Å². The molecule has 0 aromatic heterocycles. The molecule has 0 heterocycles. The molecule has 0 spiro atoms. The molecule has 2 nitrogen and oxygen atoms in total. The third kappa shape index (κ3) is 4.69. The molecule has 0 atom stereocenters. The van der Waals surface area contributed by atoms with Gasteiger partial charge in [-0.25, -0.2) is 0 Å². The summed E-state index contributed by atoms with van der Waals surface area (Å²) >= 11 is 11.7. The van der Waals surface area contributed by atoms with Gasteiger partial charge < -0.3 is 5.11 Å². The quantitative estimate of drug-likeness (QED) is 0.802. The van der Waals surface area contributed by atoms with Crippen LogP contribution < -0.4 is 0 Å². The smallest absolute Gasteiger partial charge is 0.303 e. The fourth-order valence-electron chi connectivity index (χ4n) is 1.22. The van der Waals surface area contributed by atoms with Gasteiger partial charge in [0.1, 0.15) is 0 Å². The normalized spacial score (nSPS) is 10.9. The first kappa shape index (κ1) is 13.1. The molecule has 0 saturated heterocycles. The van der Waals surface area contributed by atoms with Crippen LogP contribution in [0.3, 0.4) is 0 Å². The molecular weight excluding hydrogens is 247 g/mol. The molecule has 0 bridgehead atoms. The van der Waals surface area contributed by atoms with Crippen molar-refractivity contribution in [1.29, 1.82) is 0 Å². The third-order valence-corrected chi connectivity index (χ3v) is 2.58. The van der Waals surface area contributed by atoms with E-state index in [2.05, 4.69) is 0 Å². The second kappa shape index (κ2) is 6.56. The van der Waals surface area contributed by atoms with Crippen molar-refractivity contribution in [2.75, 3.05) is 0 Å². The SMILES string of the molecule is O=C(O)CCC/C=C/c1ccc(Cl)cc1Cl. The summed E-state index contributed by atoms with van der Waals surface area (Å²) in [5, 5.41) is 9.65. The first-order chi connectivity index (χ1) is 7.59.